The van der Waals surface area contributed by atoms with Crippen molar-refractivity contribution in [2.75, 3.05) is 20.1 Å². The fourth-order valence-electron chi connectivity index (χ4n) is 3.15. The molecule has 0 N–H and O–H groups in total. The van der Waals surface area contributed by atoms with Crippen LogP contribution in [0.5, 0.6) is 0 Å². The van der Waals surface area contributed by atoms with Crippen molar-refractivity contribution < 1.29 is 4.00 Å². The first-order valence-electron chi connectivity index (χ1n) is 10.7. The van der Waals surface area contributed by atoms with Crippen LogP contribution in [-0.4, -0.2) is 24.1 Å². The van der Waals surface area contributed by atoms with Crippen molar-refractivity contribution in [2.24, 2.45) is 0 Å². The molecule has 1 unspecified atom stereocenters. The van der Waals surface area contributed by atoms with Gasteiger partial charge in [-0.2, -0.15) is 0 Å². The van der Waals surface area contributed by atoms with Crippen LogP contribution in [0.2, 0.25) is 0 Å². The van der Waals surface area contributed by atoms with Gasteiger partial charge < -0.3 is 0 Å². The highest BCUT2D eigenvalue weighted by Gasteiger charge is 2.14. The summed E-state index contributed by atoms with van der Waals surface area (Å²) in [4.78, 5) is 0. The molecule has 0 saturated heterocycles. The summed E-state index contributed by atoms with van der Waals surface area (Å²) in [6.07, 6.45) is 22.9. The average Bonchev–Trinajstić information content (AvgIpc) is 2.54. The molecule has 0 aromatic heterocycles. The zero-order valence-corrected chi connectivity index (χ0v) is 17.3. The third kappa shape index (κ3) is 18.4. The summed E-state index contributed by atoms with van der Waals surface area (Å²) in [6, 6.07) is 0. The van der Waals surface area contributed by atoms with E-state index in [0.717, 1.165) is 13.1 Å². The van der Waals surface area contributed by atoms with Crippen LogP contribution >= 0.6 is 11.8 Å². The van der Waals surface area contributed by atoms with E-state index in [1.54, 1.807) is 0 Å². The minimum atomic E-state index is 0.665. The smallest absolute Gasteiger partial charge is 0.165 e. The van der Waals surface area contributed by atoms with Crippen molar-refractivity contribution >= 4 is 11.8 Å². The summed E-state index contributed by atoms with van der Waals surface area (Å²) in [5, 5.41) is 0. The third-order valence-corrected chi connectivity index (χ3v) is 5.55. The molecule has 1 atom stereocenters. The normalized spacial score (nSPS) is 14.1. The number of hydrogen-bond acceptors (Lipinski definition) is 0. The second kappa shape index (κ2) is 17.1. The van der Waals surface area contributed by atoms with Gasteiger partial charge in [0.05, 0.1) is 20.1 Å². The second-order valence-electron chi connectivity index (χ2n) is 7.61. The van der Waals surface area contributed by atoms with Crippen molar-refractivity contribution in [1.29, 1.82) is 0 Å². The van der Waals surface area contributed by atoms with Gasteiger partial charge in [-0.1, -0.05) is 96.8 Å². The Morgan fingerprint density at radius 1 is 0.522 bits per heavy atom. The van der Waals surface area contributed by atoms with Gasteiger partial charge in [-0.3, -0.25) is 0 Å². The highest BCUT2D eigenvalue weighted by molar-refractivity contribution is 6.06. The summed E-state index contributed by atoms with van der Waals surface area (Å²) in [6.45, 7) is 6.61. The van der Waals surface area contributed by atoms with Crippen molar-refractivity contribution in [2.45, 2.75) is 117 Å². The maximum absolute atomic E-state index is 6.32. The SMILES string of the molecule is CCCCCCCCCCCCCCCCCC[N+](C)(Cl)CC. The molecular weight excluding hydrogens is 302 g/mol. The quantitative estimate of drug-likeness (QED) is 0.175. The maximum atomic E-state index is 6.32. The molecule has 2 heteroatoms. The van der Waals surface area contributed by atoms with Gasteiger partial charge in [0.1, 0.15) is 0 Å². The minimum Gasteiger partial charge on any atom is -0.225 e. The van der Waals surface area contributed by atoms with Crippen molar-refractivity contribution in [3.63, 3.8) is 0 Å². The first-order chi connectivity index (χ1) is 11.1. The van der Waals surface area contributed by atoms with Gasteiger partial charge in [-0.05, 0) is 19.8 Å². The van der Waals surface area contributed by atoms with Crippen LogP contribution in [0.4, 0.5) is 0 Å². The van der Waals surface area contributed by atoms with Crippen molar-refractivity contribution in [3.05, 3.63) is 0 Å². The zero-order chi connectivity index (χ0) is 17.2. The zero-order valence-electron chi connectivity index (χ0n) is 16.6. The van der Waals surface area contributed by atoms with Crippen LogP contribution in [0, 0.1) is 0 Å². The van der Waals surface area contributed by atoms with Crippen LogP contribution in [-0.2, 0) is 0 Å². The minimum absolute atomic E-state index is 0.665. The molecule has 0 saturated carbocycles. The highest BCUT2D eigenvalue weighted by Crippen LogP contribution is 2.15. The van der Waals surface area contributed by atoms with E-state index < -0.39 is 0 Å². The Morgan fingerprint density at radius 3 is 1.13 bits per heavy atom. The fourth-order valence-corrected chi connectivity index (χ4v) is 3.27. The summed E-state index contributed by atoms with van der Waals surface area (Å²) in [7, 11) is 2.12. The van der Waals surface area contributed by atoms with E-state index in [0.29, 0.717) is 4.00 Å². The molecule has 0 aliphatic carbocycles. The molecule has 0 rings (SSSR count). The molecule has 0 radical (unpaired) electrons. The highest BCUT2D eigenvalue weighted by atomic mass is 35.5. The first kappa shape index (κ1) is 23.2. The predicted octanol–water partition coefficient (Wildman–Crippen LogP) is 7.87. The Morgan fingerprint density at radius 2 is 0.826 bits per heavy atom. The molecule has 0 heterocycles. The number of nitrogens with zero attached hydrogens (tertiary/aromatic N) is 1. The molecule has 0 spiro atoms. The van der Waals surface area contributed by atoms with Crippen LogP contribution in [0.1, 0.15) is 117 Å². The van der Waals surface area contributed by atoms with Gasteiger partial charge in [-0.25, -0.2) is 4.00 Å². The van der Waals surface area contributed by atoms with Gasteiger partial charge in [-0.15, -0.1) is 0 Å². The molecule has 0 aromatic carbocycles. The van der Waals surface area contributed by atoms with Gasteiger partial charge in [0.2, 0.25) is 0 Å². The van der Waals surface area contributed by atoms with Crippen molar-refractivity contribution in [1.82, 2.24) is 0 Å². The lowest BCUT2D eigenvalue weighted by molar-refractivity contribution is -0.792. The fraction of sp³-hybridized carbons (Fsp3) is 1.00. The summed E-state index contributed by atoms with van der Waals surface area (Å²) in [5.41, 5.74) is 0. The molecule has 140 valence electrons. The number of halogens is 1. The molecular formula is C21H45ClN+. The lowest BCUT2D eigenvalue weighted by Crippen LogP contribution is -2.33. The van der Waals surface area contributed by atoms with E-state index in [9.17, 15) is 0 Å². The lowest BCUT2D eigenvalue weighted by atomic mass is 10.0. The lowest BCUT2D eigenvalue weighted by Gasteiger charge is -2.22. The Balaban J connectivity index is 3.05. The van der Waals surface area contributed by atoms with Crippen LogP contribution in [0.25, 0.3) is 0 Å². The largest absolute Gasteiger partial charge is 0.225 e. The van der Waals surface area contributed by atoms with E-state index in [-0.39, 0.29) is 0 Å². The standard InChI is InChI=1S/C21H45ClN/c1-4-6-7-8-9-10-11-12-13-14-15-16-17-18-19-20-21-23(3,22)5-2/h4-21H2,1-3H3/q+1. The van der Waals surface area contributed by atoms with Crippen molar-refractivity contribution in [3.8, 4) is 0 Å². The predicted molar refractivity (Wildman–Crippen MR) is 107 cm³/mol. The topological polar surface area (TPSA) is 0 Å². The van der Waals surface area contributed by atoms with Gasteiger partial charge in [0.15, 0.2) is 11.8 Å². The first-order valence-corrected chi connectivity index (χ1v) is 11.0. The monoisotopic (exact) mass is 346 g/mol. The average molecular weight is 347 g/mol. The summed E-state index contributed by atoms with van der Waals surface area (Å²) in [5.74, 6) is 0. The molecule has 0 amide bonds. The Labute approximate surface area is 152 Å². The molecule has 0 bridgehead atoms. The molecule has 0 aliphatic rings. The Hall–Kier alpha value is 0.250. The van der Waals surface area contributed by atoms with Gasteiger partial charge in [0, 0.05) is 0 Å². The summed E-state index contributed by atoms with van der Waals surface area (Å²) < 4.78 is 0.665. The molecule has 23 heavy (non-hydrogen) atoms. The molecule has 0 fully saturated rings. The van der Waals surface area contributed by atoms with Gasteiger partial charge in [0.25, 0.3) is 0 Å². The van der Waals surface area contributed by atoms with Crippen LogP contribution < -0.4 is 0 Å². The van der Waals surface area contributed by atoms with E-state index in [1.807, 2.05) is 0 Å². The van der Waals surface area contributed by atoms with Crippen LogP contribution in [0.15, 0.2) is 0 Å². The van der Waals surface area contributed by atoms with E-state index >= 15 is 0 Å². The van der Waals surface area contributed by atoms with Gasteiger partial charge >= 0.3 is 0 Å². The second-order valence-corrected chi connectivity index (χ2v) is 8.42. The number of quaternary nitrogens is 1. The number of hydrogen-bond donors (Lipinski definition) is 0. The Bertz CT molecular complexity index is 228. The number of unbranched alkanes of at least 4 members (excludes halogenated alkanes) is 15. The molecule has 0 aliphatic heterocycles. The number of rotatable bonds is 18. The Kier molecular flexibility index (Phi) is 17.3. The van der Waals surface area contributed by atoms with Crippen LogP contribution in [0.3, 0.4) is 0 Å². The maximum Gasteiger partial charge on any atom is 0.165 e. The van der Waals surface area contributed by atoms with E-state index in [4.69, 9.17) is 11.8 Å². The van der Waals surface area contributed by atoms with E-state index in [2.05, 4.69) is 20.9 Å². The summed E-state index contributed by atoms with van der Waals surface area (Å²) >= 11 is 6.32. The third-order valence-electron chi connectivity index (χ3n) is 5.14. The molecule has 1 nitrogen and oxygen atoms in total. The molecule has 0 aromatic rings. The van der Waals surface area contributed by atoms with E-state index in [1.165, 1.54) is 103 Å².